The minimum atomic E-state index is -0.440. The summed E-state index contributed by atoms with van der Waals surface area (Å²) < 4.78 is 17.3. The molecule has 0 amide bonds. The summed E-state index contributed by atoms with van der Waals surface area (Å²) in [6, 6.07) is 15.0. The molecule has 0 aliphatic rings. The third-order valence-electron chi connectivity index (χ3n) is 4.13. The predicted octanol–water partition coefficient (Wildman–Crippen LogP) is 3.36. The molecule has 0 unspecified atom stereocenters. The molecule has 0 radical (unpaired) electrons. The molecule has 1 heterocycles. The van der Waals surface area contributed by atoms with E-state index in [1.165, 1.54) is 7.11 Å². The van der Waals surface area contributed by atoms with Crippen LogP contribution in [-0.2, 0) is 20.8 Å². The number of hydrogen-bond acceptors (Lipinski definition) is 5. The molecule has 0 N–H and O–H groups in total. The van der Waals surface area contributed by atoms with Crippen molar-refractivity contribution in [3.05, 3.63) is 65.9 Å². The molecule has 0 saturated carbocycles. The summed E-state index contributed by atoms with van der Waals surface area (Å²) in [4.78, 5) is 24.1. The maximum Gasteiger partial charge on any atom is 0.340 e. The van der Waals surface area contributed by atoms with Crippen molar-refractivity contribution in [2.45, 2.75) is 13.5 Å². The average molecular weight is 367 g/mol. The second kappa shape index (κ2) is 8.40. The van der Waals surface area contributed by atoms with Gasteiger partial charge in [-0.05, 0) is 25.1 Å². The fraction of sp³-hybridized carbons (Fsp3) is 0.238. The van der Waals surface area contributed by atoms with Crippen LogP contribution >= 0.6 is 0 Å². The lowest BCUT2D eigenvalue weighted by molar-refractivity contribution is -0.145. The number of para-hydroxylation sites is 1. The summed E-state index contributed by atoms with van der Waals surface area (Å²) in [5.41, 5.74) is 2.34. The van der Waals surface area contributed by atoms with E-state index in [-0.39, 0.29) is 19.8 Å². The minimum absolute atomic E-state index is 0.00202. The van der Waals surface area contributed by atoms with E-state index >= 15 is 0 Å². The Hall–Kier alpha value is -3.28. The topological polar surface area (TPSA) is 66.8 Å². The van der Waals surface area contributed by atoms with Crippen LogP contribution in [0.25, 0.3) is 10.9 Å². The lowest BCUT2D eigenvalue weighted by Crippen LogP contribution is -2.17. The zero-order valence-corrected chi connectivity index (χ0v) is 15.3. The number of hydrogen-bond donors (Lipinski definition) is 0. The van der Waals surface area contributed by atoms with Gasteiger partial charge in [0.15, 0.2) is 0 Å². The van der Waals surface area contributed by atoms with Gasteiger partial charge in [0.1, 0.15) is 25.5 Å². The van der Waals surface area contributed by atoms with Gasteiger partial charge in [-0.25, -0.2) is 4.79 Å². The quantitative estimate of drug-likeness (QED) is 0.473. The molecular formula is C21H21NO5. The maximum absolute atomic E-state index is 12.1. The first-order chi connectivity index (χ1) is 13.1. The normalized spacial score (nSPS) is 10.6. The van der Waals surface area contributed by atoms with Gasteiger partial charge in [0.25, 0.3) is 0 Å². The molecule has 6 heteroatoms. The number of nitrogens with zero attached hydrogens (tertiary/aromatic N) is 1. The fourth-order valence-corrected chi connectivity index (χ4v) is 2.78. The standard InChI is InChI=1S/C21H21NO5/c1-15-7-9-16(10-8-15)26-11-12-27-20(23)14-22-13-18(21(24)25-2)17-5-3-4-6-19(17)22/h3-10,13H,11-12,14H2,1-2H3. The van der Waals surface area contributed by atoms with Gasteiger partial charge < -0.3 is 18.8 Å². The van der Waals surface area contributed by atoms with Crippen LogP contribution in [0.3, 0.4) is 0 Å². The molecule has 0 spiro atoms. The molecule has 0 saturated heterocycles. The highest BCUT2D eigenvalue weighted by Gasteiger charge is 2.16. The summed E-state index contributed by atoms with van der Waals surface area (Å²) in [6.45, 7) is 2.43. The van der Waals surface area contributed by atoms with E-state index in [1.54, 1.807) is 10.8 Å². The number of ether oxygens (including phenoxy) is 3. The van der Waals surface area contributed by atoms with Gasteiger partial charge in [0, 0.05) is 17.1 Å². The Labute approximate surface area is 157 Å². The number of aromatic nitrogens is 1. The van der Waals surface area contributed by atoms with E-state index in [4.69, 9.17) is 14.2 Å². The van der Waals surface area contributed by atoms with Crippen LogP contribution in [0.4, 0.5) is 0 Å². The number of aryl methyl sites for hydroxylation is 1. The summed E-state index contributed by atoms with van der Waals surface area (Å²) in [5.74, 6) is -0.111. The molecule has 0 bridgehead atoms. The van der Waals surface area contributed by atoms with Crippen molar-refractivity contribution in [3.63, 3.8) is 0 Å². The number of fused-ring (bicyclic) bond motifs is 1. The molecule has 0 aliphatic heterocycles. The predicted molar refractivity (Wildman–Crippen MR) is 101 cm³/mol. The third kappa shape index (κ3) is 4.47. The van der Waals surface area contributed by atoms with Crippen LogP contribution in [0.2, 0.25) is 0 Å². The van der Waals surface area contributed by atoms with Crippen LogP contribution in [0, 0.1) is 6.92 Å². The summed E-state index contributed by atoms with van der Waals surface area (Å²) >= 11 is 0. The highest BCUT2D eigenvalue weighted by molar-refractivity contribution is 6.04. The van der Waals surface area contributed by atoms with Crippen molar-refractivity contribution >= 4 is 22.8 Å². The van der Waals surface area contributed by atoms with Crippen molar-refractivity contribution in [1.29, 1.82) is 0 Å². The zero-order valence-electron chi connectivity index (χ0n) is 15.3. The van der Waals surface area contributed by atoms with Crippen molar-refractivity contribution in [2.24, 2.45) is 0 Å². The molecule has 3 aromatic rings. The fourth-order valence-electron chi connectivity index (χ4n) is 2.78. The van der Waals surface area contributed by atoms with Crippen LogP contribution in [0.5, 0.6) is 5.75 Å². The second-order valence-corrected chi connectivity index (χ2v) is 6.06. The van der Waals surface area contributed by atoms with E-state index in [2.05, 4.69) is 0 Å². The summed E-state index contributed by atoms with van der Waals surface area (Å²) in [5, 5.41) is 0.736. The molecule has 140 valence electrons. The Morgan fingerprint density at radius 3 is 2.48 bits per heavy atom. The van der Waals surface area contributed by atoms with E-state index in [1.807, 2.05) is 55.5 Å². The van der Waals surface area contributed by atoms with Gasteiger partial charge in [0.2, 0.25) is 0 Å². The van der Waals surface area contributed by atoms with Gasteiger partial charge in [0.05, 0.1) is 12.7 Å². The molecule has 0 fully saturated rings. The number of benzene rings is 2. The molecule has 0 aliphatic carbocycles. The number of esters is 2. The van der Waals surface area contributed by atoms with Gasteiger partial charge in [-0.3, -0.25) is 4.79 Å². The van der Waals surface area contributed by atoms with Gasteiger partial charge >= 0.3 is 11.9 Å². The monoisotopic (exact) mass is 367 g/mol. The molecule has 6 nitrogen and oxygen atoms in total. The number of rotatable bonds is 7. The Balaban J connectivity index is 1.57. The third-order valence-corrected chi connectivity index (χ3v) is 4.13. The zero-order chi connectivity index (χ0) is 19.2. The molecule has 27 heavy (non-hydrogen) atoms. The Morgan fingerprint density at radius 1 is 1.00 bits per heavy atom. The SMILES string of the molecule is COC(=O)c1cn(CC(=O)OCCOc2ccc(C)cc2)c2ccccc12. The molecule has 2 aromatic carbocycles. The Bertz CT molecular complexity index is 943. The molecular weight excluding hydrogens is 346 g/mol. The number of methoxy groups -OCH3 is 1. The van der Waals surface area contributed by atoms with Crippen LogP contribution in [0.1, 0.15) is 15.9 Å². The lowest BCUT2D eigenvalue weighted by Gasteiger charge is -2.08. The molecule has 1 aromatic heterocycles. The average Bonchev–Trinajstić information content (AvgIpc) is 3.04. The first-order valence-corrected chi connectivity index (χ1v) is 8.60. The van der Waals surface area contributed by atoms with E-state index in [0.717, 1.165) is 22.2 Å². The molecule has 0 atom stereocenters. The molecule has 3 rings (SSSR count). The minimum Gasteiger partial charge on any atom is -0.490 e. The first-order valence-electron chi connectivity index (χ1n) is 8.60. The van der Waals surface area contributed by atoms with Gasteiger partial charge in [-0.2, -0.15) is 0 Å². The second-order valence-electron chi connectivity index (χ2n) is 6.06. The summed E-state index contributed by atoms with van der Waals surface area (Å²) in [6.07, 6.45) is 1.61. The highest BCUT2D eigenvalue weighted by atomic mass is 16.6. The highest BCUT2D eigenvalue weighted by Crippen LogP contribution is 2.22. The maximum atomic E-state index is 12.1. The van der Waals surface area contributed by atoms with Gasteiger partial charge in [-0.15, -0.1) is 0 Å². The largest absolute Gasteiger partial charge is 0.490 e. The van der Waals surface area contributed by atoms with Crippen LogP contribution in [0.15, 0.2) is 54.7 Å². The first kappa shape index (κ1) is 18.5. The Morgan fingerprint density at radius 2 is 1.74 bits per heavy atom. The van der Waals surface area contributed by atoms with Crippen molar-refractivity contribution in [3.8, 4) is 5.75 Å². The summed E-state index contributed by atoms with van der Waals surface area (Å²) in [7, 11) is 1.33. The van der Waals surface area contributed by atoms with Crippen molar-refractivity contribution in [2.75, 3.05) is 20.3 Å². The van der Waals surface area contributed by atoms with Crippen LogP contribution < -0.4 is 4.74 Å². The smallest absolute Gasteiger partial charge is 0.340 e. The van der Waals surface area contributed by atoms with E-state index in [9.17, 15) is 9.59 Å². The Kier molecular flexibility index (Phi) is 5.76. The van der Waals surface area contributed by atoms with Crippen molar-refractivity contribution < 1.29 is 23.8 Å². The number of carbonyl (C=O) groups is 2. The van der Waals surface area contributed by atoms with Crippen LogP contribution in [-0.4, -0.2) is 36.8 Å². The van der Waals surface area contributed by atoms with Gasteiger partial charge in [-0.1, -0.05) is 35.9 Å². The lowest BCUT2D eigenvalue weighted by atomic mass is 10.2. The van der Waals surface area contributed by atoms with E-state index < -0.39 is 11.9 Å². The van der Waals surface area contributed by atoms with Crippen molar-refractivity contribution in [1.82, 2.24) is 4.57 Å². The van der Waals surface area contributed by atoms with E-state index in [0.29, 0.717) is 5.56 Å². The number of carbonyl (C=O) groups excluding carboxylic acids is 2.